The van der Waals surface area contributed by atoms with E-state index in [0.717, 1.165) is 11.1 Å². The first-order chi connectivity index (χ1) is 9.90. The lowest BCUT2D eigenvalue weighted by Crippen LogP contribution is -2.33. The number of benzene rings is 1. The summed E-state index contributed by atoms with van der Waals surface area (Å²) < 4.78 is 10.4. The molecule has 0 spiro atoms. The van der Waals surface area contributed by atoms with Crippen LogP contribution in [0.1, 0.15) is 18.1 Å². The molecule has 1 aromatic carbocycles. The van der Waals surface area contributed by atoms with Crippen molar-refractivity contribution in [2.24, 2.45) is 0 Å². The smallest absolute Gasteiger partial charge is 0.332 e. The van der Waals surface area contributed by atoms with Gasteiger partial charge in [-0.3, -0.25) is 4.79 Å². The van der Waals surface area contributed by atoms with Crippen LogP contribution in [0.3, 0.4) is 0 Å². The molecule has 0 bridgehead atoms. The molecule has 116 valence electrons. The Balaban J connectivity index is 2.25. The van der Waals surface area contributed by atoms with E-state index in [4.69, 9.17) is 14.6 Å². The first kappa shape index (κ1) is 17.0. The summed E-state index contributed by atoms with van der Waals surface area (Å²) in [5.74, 6) is -0.622. The molecule has 0 saturated heterocycles. The molecule has 21 heavy (non-hydrogen) atoms. The molecule has 0 aliphatic carbocycles. The maximum Gasteiger partial charge on any atom is 0.332 e. The molecule has 2 N–H and O–H groups in total. The summed E-state index contributed by atoms with van der Waals surface area (Å²) >= 11 is 0. The molecule has 6 heteroatoms. The molecular weight excluding hydrogens is 274 g/mol. The summed E-state index contributed by atoms with van der Waals surface area (Å²) in [5.41, 5.74) is 2.03. The Hall–Kier alpha value is -2.08. The van der Waals surface area contributed by atoms with Crippen molar-refractivity contribution in [2.45, 2.75) is 26.9 Å². The molecule has 1 rings (SSSR count). The second-order valence-corrected chi connectivity index (χ2v) is 4.76. The number of amides is 1. The second-order valence-electron chi connectivity index (χ2n) is 4.76. The van der Waals surface area contributed by atoms with Crippen LogP contribution in [0.15, 0.2) is 18.2 Å². The average molecular weight is 295 g/mol. The number of ether oxygens (including phenoxy) is 2. The lowest BCUT2D eigenvalue weighted by molar-refractivity contribution is -0.149. The van der Waals surface area contributed by atoms with Gasteiger partial charge in [0.05, 0.1) is 6.61 Å². The number of carboxylic acids is 1. The van der Waals surface area contributed by atoms with Gasteiger partial charge in [-0.15, -0.1) is 0 Å². The first-order valence-corrected chi connectivity index (χ1v) is 6.71. The van der Waals surface area contributed by atoms with Crippen molar-refractivity contribution in [3.05, 3.63) is 29.3 Å². The van der Waals surface area contributed by atoms with Crippen LogP contribution < -0.4 is 10.1 Å². The molecule has 0 radical (unpaired) electrons. The van der Waals surface area contributed by atoms with Gasteiger partial charge in [-0.25, -0.2) is 4.79 Å². The van der Waals surface area contributed by atoms with Crippen molar-refractivity contribution >= 4 is 11.9 Å². The maximum atomic E-state index is 11.6. The third-order valence-electron chi connectivity index (χ3n) is 2.84. The van der Waals surface area contributed by atoms with E-state index in [1.165, 1.54) is 6.92 Å². The van der Waals surface area contributed by atoms with E-state index in [9.17, 15) is 9.59 Å². The van der Waals surface area contributed by atoms with Gasteiger partial charge in [0, 0.05) is 6.54 Å². The quantitative estimate of drug-likeness (QED) is 0.706. The molecule has 0 saturated carbocycles. The van der Waals surface area contributed by atoms with Crippen molar-refractivity contribution in [3.63, 3.8) is 0 Å². The van der Waals surface area contributed by atoms with Crippen LogP contribution in [0.4, 0.5) is 0 Å². The predicted octanol–water partition coefficient (Wildman–Crippen LogP) is 1.29. The highest BCUT2D eigenvalue weighted by Crippen LogP contribution is 2.18. The molecular formula is C15H21NO5. The van der Waals surface area contributed by atoms with Crippen molar-refractivity contribution in [1.82, 2.24) is 5.32 Å². The van der Waals surface area contributed by atoms with Crippen molar-refractivity contribution in [1.29, 1.82) is 0 Å². The third kappa shape index (κ3) is 6.27. The fourth-order valence-corrected chi connectivity index (χ4v) is 1.55. The summed E-state index contributed by atoms with van der Waals surface area (Å²) in [7, 11) is 0. The Bertz CT molecular complexity index is 501. The molecule has 0 aliphatic heterocycles. The van der Waals surface area contributed by atoms with E-state index in [1.807, 2.05) is 32.0 Å². The number of nitrogens with one attached hydrogen (secondary N) is 1. The Morgan fingerprint density at radius 2 is 2.05 bits per heavy atom. The van der Waals surface area contributed by atoms with Gasteiger partial charge >= 0.3 is 5.97 Å². The van der Waals surface area contributed by atoms with Gasteiger partial charge < -0.3 is 19.9 Å². The summed E-state index contributed by atoms with van der Waals surface area (Å²) in [4.78, 5) is 22.1. The number of carbonyl (C=O) groups is 2. The Morgan fingerprint density at radius 3 is 2.71 bits per heavy atom. The Labute approximate surface area is 124 Å². The zero-order valence-corrected chi connectivity index (χ0v) is 12.5. The average Bonchev–Trinajstić information content (AvgIpc) is 2.44. The van der Waals surface area contributed by atoms with Gasteiger partial charge in [0.25, 0.3) is 5.91 Å². The van der Waals surface area contributed by atoms with Crippen molar-refractivity contribution in [2.75, 3.05) is 19.8 Å². The standard InChI is InChI=1S/C15H21NO5/c1-10-4-5-11(2)13(8-10)21-9-14(17)16-6-7-20-12(3)15(18)19/h4-5,8,12H,6-7,9H2,1-3H3,(H,16,17)(H,18,19). The number of hydrogen-bond donors (Lipinski definition) is 2. The predicted molar refractivity (Wildman–Crippen MR) is 77.5 cm³/mol. The minimum atomic E-state index is -1.03. The number of hydrogen-bond acceptors (Lipinski definition) is 4. The molecule has 1 aromatic rings. The Morgan fingerprint density at radius 1 is 1.33 bits per heavy atom. The van der Waals surface area contributed by atoms with Gasteiger partial charge in [-0.05, 0) is 38.0 Å². The molecule has 1 unspecified atom stereocenters. The highest BCUT2D eigenvalue weighted by molar-refractivity contribution is 5.77. The molecule has 6 nitrogen and oxygen atoms in total. The van der Waals surface area contributed by atoms with E-state index in [2.05, 4.69) is 5.32 Å². The van der Waals surface area contributed by atoms with Crippen LogP contribution in [-0.2, 0) is 14.3 Å². The van der Waals surface area contributed by atoms with E-state index < -0.39 is 12.1 Å². The number of aliphatic carboxylic acids is 1. The fraction of sp³-hybridized carbons (Fsp3) is 0.467. The summed E-state index contributed by atoms with van der Waals surface area (Å²) in [6, 6.07) is 5.78. The molecule has 1 amide bonds. The molecule has 0 heterocycles. The number of aryl methyl sites for hydroxylation is 2. The van der Waals surface area contributed by atoms with E-state index in [0.29, 0.717) is 5.75 Å². The first-order valence-electron chi connectivity index (χ1n) is 6.71. The molecule has 0 fully saturated rings. The number of rotatable bonds is 8. The molecule has 0 aliphatic rings. The lowest BCUT2D eigenvalue weighted by atomic mass is 10.1. The summed E-state index contributed by atoms with van der Waals surface area (Å²) in [5, 5.41) is 11.2. The third-order valence-corrected chi connectivity index (χ3v) is 2.84. The van der Waals surface area contributed by atoms with Gasteiger partial charge in [-0.1, -0.05) is 12.1 Å². The maximum absolute atomic E-state index is 11.6. The lowest BCUT2D eigenvalue weighted by Gasteiger charge is -2.11. The largest absolute Gasteiger partial charge is 0.483 e. The van der Waals surface area contributed by atoms with Gasteiger partial charge in [0.2, 0.25) is 0 Å². The van der Waals surface area contributed by atoms with Crippen LogP contribution in [-0.4, -0.2) is 42.8 Å². The molecule has 1 atom stereocenters. The summed E-state index contributed by atoms with van der Waals surface area (Å²) in [6.45, 7) is 5.60. The van der Waals surface area contributed by atoms with E-state index >= 15 is 0 Å². The van der Waals surface area contributed by atoms with Crippen molar-refractivity contribution in [3.8, 4) is 5.75 Å². The number of carboxylic acid groups (broad SMARTS) is 1. The van der Waals surface area contributed by atoms with E-state index in [-0.39, 0.29) is 25.7 Å². The van der Waals surface area contributed by atoms with Crippen LogP contribution >= 0.6 is 0 Å². The second kappa shape index (κ2) is 8.26. The van der Waals surface area contributed by atoms with Crippen LogP contribution in [0.5, 0.6) is 5.75 Å². The molecule has 0 aromatic heterocycles. The Kier molecular flexibility index (Phi) is 6.68. The van der Waals surface area contributed by atoms with Gasteiger partial charge in [-0.2, -0.15) is 0 Å². The zero-order valence-electron chi connectivity index (χ0n) is 12.5. The minimum absolute atomic E-state index is 0.0845. The highest BCUT2D eigenvalue weighted by atomic mass is 16.5. The SMILES string of the molecule is Cc1ccc(C)c(OCC(=O)NCCOC(C)C(=O)O)c1. The van der Waals surface area contributed by atoms with Crippen LogP contribution in [0.2, 0.25) is 0 Å². The zero-order chi connectivity index (χ0) is 15.8. The normalized spacial score (nSPS) is 11.8. The number of carbonyl (C=O) groups excluding carboxylic acids is 1. The summed E-state index contributed by atoms with van der Waals surface area (Å²) in [6.07, 6.45) is -0.881. The van der Waals surface area contributed by atoms with Gasteiger partial charge in [0.15, 0.2) is 12.7 Å². The van der Waals surface area contributed by atoms with Crippen LogP contribution in [0.25, 0.3) is 0 Å². The van der Waals surface area contributed by atoms with Crippen LogP contribution in [0, 0.1) is 13.8 Å². The van der Waals surface area contributed by atoms with Gasteiger partial charge in [0.1, 0.15) is 5.75 Å². The minimum Gasteiger partial charge on any atom is -0.483 e. The van der Waals surface area contributed by atoms with Crippen molar-refractivity contribution < 1.29 is 24.2 Å². The monoisotopic (exact) mass is 295 g/mol. The topological polar surface area (TPSA) is 84.9 Å². The van der Waals surface area contributed by atoms with E-state index in [1.54, 1.807) is 0 Å². The highest BCUT2D eigenvalue weighted by Gasteiger charge is 2.10. The fourth-order valence-electron chi connectivity index (χ4n) is 1.55.